The number of ether oxygens (including phenoxy) is 1. The first kappa shape index (κ1) is 11.9. The molecule has 3 nitrogen and oxygen atoms in total. The zero-order chi connectivity index (χ0) is 12.3. The van der Waals surface area contributed by atoms with Crippen molar-refractivity contribution in [1.29, 1.82) is 0 Å². The fourth-order valence-electron chi connectivity index (χ4n) is 2.19. The summed E-state index contributed by atoms with van der Waals surface area (Å²) in [5.41, 5.74) is 1.09. The lowest BCUT2D eigenvalue weighted by atomic mass is 10.1. The number of methoxy groups -OCH3 is 1. The smallest absolute Gasteiger partial charge is 0.340 e. The molecule has 2 rings (SSSR count). The van der Waals surface area contributed by atoms with Crippen LogP contribution in [-0.4, -0.2) is 26.2 Å². The van der Waals surface area contributed by atoms with Crippen molar-refractivity contribution in [3.05, 3.63) is 29.6 Å². The number of hydrogen-bond donors (Lipinski definition) is 0. The van der Waals surface area contributed by atoms with Gasteiger partial charge in [-0.2, -0.15) is 0 Å². The van der Waals surface area contributed by atoms with E-state index in [2.05, 4.69) is 4.90 Å². The molecule has 1 heterocycles. The van der Waals surface area contributed by atoms with Gasteiger partial charge in [0.25, 0.3) is 0 Å². The number of benzene rings is 1. The minimum Gasteiger partial charge on any atom is -0.465 e. The predicted octanol–water partition coefficient (Wildman–Crippen LogP) is 2.60. The van der Waals surface area contributed by atoms with Crippen LogP contribution < -0.4 is 4.90 Å². The third-order valence-electron chi connectivity index (χ3n) is 3.06. The van der Waals surface area contributed by atoms with Crippen molar-refractivity contribution in [2.45, 2.75) is 19.3 Å². The lowest BCUT2D eigenvalue weighted by Gasteiger charge is -2.30. The topological polar surface area (TPSA) is 29.5 Å². The molecule has 0 amide bonds. The van der Waals surface area contributed by atoms with Gasteiger partial charge in [0.2, 0.25) is 0 Å². The molecule has 1 saturated heterocycles. The van der Waals surface area contributed by atoms with Crippen molar-refractivity contribution in [3.63, 3.8) is 0 Å². The molecule has 1 fully saturated rings. The maximum Gasteiger partial charge on any atom is 0.340 e. The number of carbonyl (C=O) groups excluding carboxylic acids is 1. The Bertz CT molecular complexity index is 414. The Kier molecular flexibility index (Phi) is 3.61. The van der Waals surface area contributed by atoms with Crippen LogP contribution in [0.4, 0.5) is 10.1 Å². The van der Waals surface area contributed by atoms with Crippen molar-refractivity contribution in [1.82, 2.24) is 0 Å². The van der Waals surface area contributed by atoms with Crippen LogP contribution in [0.25, 0.3) is 0 Å². The number of nitrogens with zero attached hydrogens (tertiary/aromatic N) is 1. The number of carbonyl (C=O) groups is 1. The van der Waals surface area contributed by atoms with Crippen LogP contribution in [0.1, 0.15) is 29.6 Å². The van der Waals surface area contributed by atoms with E-state index < -0.39 is 11.8 Å². The molecule has 0 atom stereocenters. The van der Waals surface area contributed by atoms with E-state index in [0.717, 1.165) is 31.6 Å². The van der Waals surface area contributed by atoms with Crippen molar-refractivity contribution in [2.24, 2.45) is 0 Å². The van der Waals surface area contributed by atoms with Gasteiger partial charge in [-0.05, 0) is 37.5 Å². The zero-order valence-electron chi connectivity index (χ0n) is 9.91. The quantitative estimate of drug-likeness (QED) is 0.740. The molecule has 1 aromatic rings. The first-order valence-electron chi connectivity index (χ1n) is 5.85. The molecule has 1 aliphatic rings. The first-order valence-corrected chi connectivity index (χ1v) is 5.85. The van der Waals surface area contributed by atoms with Gasteiger partial charge in [-0.1, -0.05) is 0 Å². The van der Waals surface area contributed by atoms with Crippen LogP contribution in [-0.2, 0) is 4.74 Å². The molecule has 0 radical (unpaired) electrons. The van der Waals surface area contributed by atoms with Crippen LogP contribution in [0.2, 0.25) is 0 Å². The SMILES string of the molecule is COC(=O)c1cc(F)ccc1N1CCCCC1. The Morgan fingerprint density at radius 3 is 2.65 bits per heavy atom. The largest absolute Gasteiger partial charge is 0.465 e. The Labute approximate surface area is 100 Å². The van der Waals surface area contributed by atoms with Gasteiger partial charge in [-0.25, -0.2) is 9.18 Å². The van der Waals surface area contributed by atoms with Crippen LogP contribution in [0, 0.1) is 5.82 Å². The third-order valence-corrected chi connectivity index (χ3v) is 3.06. The molecule has 1 aromatic carbocycles. The van der Waals surface area contributed by atoms with E-state index in [9.17, 15) is 9.18 Å². The summed E-state index contributed by atoms with van der Waals surface area (Å²) in [6.45, 7) is 1.82. The maximum absolute atomic E-state index is 13.2. The summed E-state index contributed by atoms with van der Waals surface area (Å²) < 4.78 is 17.9. The number of esters is 1. The van der Waals surface area contributed by atoms with Gasteiger partial charge in [-0.15, -0.1) is 0 Å². The molecule has 1 aliphatic heterocycles. The predicted molar refractivity (Wildman–Crippen MR) is 63.8 cm³/mol. The molecule has 0 spiro atoms. The molecule has 17 heavy (non-hydrogen) atoms. The van der Waals surface area contributed by atoms with E-state index in [0.29, 0.717) is 5.56 Å². The van der Waals surface area contributed by atoms with Gasteiger partial charge in [-0.3, -0.25) is 0 Å². The van der Waals surface area contributed by atoms with Crippen molar-refractivity contribution >= 4 is 11.7 Å². The molecule has 0 bridgehead atoms. The molecule has 92 valence electrons. The Morgan fingerprint density at radius 2 is 2.00 bits per heavy atom. The summed E-state index contributed by atoms with van der Waals surface area (Å²) in [5, 5.41) is 0. The van der Waals surface area contributed by atoms with Gasteiger partial charge < -0.3 is 9.64 Å². The van der Waals surface area contributed by atoms with E-state index in [4.69, 9.17) is 4.74 Å². The second-order valence-electron chi connectivity index (χ2n) is 4.20. The van der Waals surface area contributed by atoms with Gasteiger partial charge in [0.1, 0.15) is 5.82 Å². The standard InChI is InChI=1S/C13H16FNO2/c1-17-13(16)11-9-10(14)5-6-12(11)15-7-3-2-4-8-15/h5-6,9H,2-4,7-8H2,1H3. The molecule has 0 aromatic heterocycles. The Morgan fingerprint density at radius 1 is 1.29 bits per heavy atom. The summed E-state index contributed by atoms with van der Waals surface area (Å²) in [6.07, 6.45) is 3.43. The summed E-state index contributed by atoms with van der Waals surface area (Å²) in [5.74, 6) is -0.892. The van der Waals surface area contributed by atoms with Gasteiger partial charge in [0.05, 0.1) is 18.4 Å². The highest BCUT2D eigenvalue weighted by atomic mass is 19.1. The van der Waals surface area contributed by atoms with E-state index in [-0.39, 0.29) is 0 Å². The molecule has 0 aliphatic carbocycles. The number of halogens is 1. The first-order chi connectivity index (χ1) is 8.22. The lowest BCUT2D eigenvalue weighted by molar-refractivity contribution is 0.0601. The van der Waals surface area contributed by atoms with E-state index in [1.165, 1.54) is 25.7 Å². The molecular formula is C13H16FNO2. The van der Waals surface area contributed by atoms with Gasteiger partial charge in [0.15, 0.2) is 0 Å². The molecule has 4 heteroatoms. The van der Waals surface area contributed by atoms with E-state index in [1.54, 1.807) is 6.07 Å². The zero-order valence-corrected chi connectivity index (χ0v) is 9.91. The average Bonchev–Trinajstić information content (AvgIpc) is 2.38. The van der Waals surface area contributed by atoms with Crippen LogP contribution >= 0.6 is 0 Å². The monoisotopic (exact) mass is 237 g/mol. The fourth-order valence-corrected chi connectivity index (χ4v) is 2.19. The van der Waals surface area contributed by atoms with Crippen LogP contribution in [0.15, 0.2) is 18.2 Å². The highest BCUT2D eigenvalue weighted by Gasteiger charge is 2.19. The van der Waals surface area contributed by atoms with Crippen molar-refractivity contribution in [3.8, 4) is 0 Å². The molecule has 0 saturated carbocycles. The van der Waals surface area contributed by atoms with E-state index in [1.807, 2.05) is 0 Å². The summed E-state index contributed by atoms with van der Waals surface area (Å²) >= 11 is 0. The second kappa shape index (κ2) is 5.17. The van der Waals surface area contributed by atoms with Crippen molar-refractivity contribution < 1.29 is 13.9 Å². The summed E-state index contributed by atoms with van der Waals surface area (Å²) in [6, 6.07) is 4.29. The van der Waals surface area contributed by atoms with Gasteiger partial charge >= 0.3 is 5.97 Å². The van der Waals surface area contributed by atoms with Crippen LogP contribution in [0.3, 0.4) is 0 Å². The molecule has 0 unspecified atom stereocenters. The van der Waals surface area contributed by atoms with Gasteiger partial charge in [0, 0.05) is 13.1 Å². The maximum atomic E-state index is 13.2. The number of rotatable bonds is 2. The number of hydrogen-bond acceptors (Lipinski definition) is 3. The Hall–Kier alpha value is -1.58. The van der Waals surface area contributed by atoms with Crippen LogP contribution in [0.5, 0.6) is 0 Å². The summed E-state index contributed by atoms with van der Waals surface area (Å²) in [7, 11) is 1.31. The molecular weight excluding hydrogens is 221 g/mol. The fraction of sp³-hybridized carbons (Fsp3) is 0.462. The lowest BCUT2D eigenvalue weighted by Crippen LogP contribution is -2.31. The normalized spacial score (nSPS) is 15.8. The Balaban J connectivity index is 2.34. The number of piperidine rings is 1. The highest BCUT2D eigenvalue weighted by Crippen LogP contribution is 2.25. The summed E-state index contributed by atoms with van der Waals surface area (Å²) in [4.78, 5) is 13.7. The minimum absolute atomic E-state index is 0.314. The van der Waals surface area contributed by atoms with Crippen molar-refractivity contribution in [2.75, 3.05) is 25.1 Å². The highest BCUT2D eigenvalue weighted by molar-refractivity contribution is 5.95. The minimum atomic E-state index is -0.481. The second-order valence-corrected chi connectivity index (χ2v) is 4.20. The number of anilines is 1. The average molecular weight is 237 g/mol. The third kappa shape index (κ3) is 2.57. The van der Waals surface area contributed by atoms with E-state index >= 15 is 0 Å². The molecule has 0 N–H and O–H groups in total.